The van der Waals surface area contributed by atoms with Gasteiger partial charge in [0, 0.05) is 30.4 Å². The van der Waals surface area contributed by atoms with Gasteiger partial charge in [0.15, 0.2) is 9.84 Å². The lowest BCUT2D eigenvalue weighted by molar-refractivity contribution is 0.225. The van der Waals surface area contributed by atoms with Crippen molar-refractivity contribution in [1.82, 2.24) is 9.97 Å². The molecule has 2 heterocycles. The number of hydrogen-bond acceptors (Lipinski definition) is 5. The molecule has 2 aromatic rings. The van der Waals surface area contributed by atoms with Gasteiger partial charge < -0.3 is 4.74 Å². The number of fused-ring (bicyclic) bond motifs is 1. The number of sulfone groups is 1. The van der Waals surface area contributed by atoms with E-state index >= 15 is 0 Å². The Morgan fingerprint density at radius 1 is 1.18 bits per heavy atom. The van der Waals surface area contributed by atoms with Gasteiger partial charge in [-0.2, -0.15) is 4.98 Å². The maximum atomic E-state index is 11.5. The Morgan fingerprint density at radius 3 is 2.50 bits per heavy atom. The summed E-state index contributed by atoms with van der Waals surface area (Å²) in [5.74, 6) is 1.40. The van der Waals surface area contributed by atoms with Crippen LogP contribution in [-0.4, -0.2) is 30.7 Å². The van der Waals surface area contributed by atoms with Gasteiger partial charge >= 0.3 is 0 Å². The standard InChI is InChI=1S/C16H18N2O3S/c1-10-15-9-13(21-16(15)18-11(2)17-10)8-12-4-6-14(7-5-12)22(3,19)20/h4-7,13H,8-9H2,1-3H3. The molecule has 0 saturated heterocycles. The number of nitrogens with zero attached hydrogens (tertiary/aromatic N) is 2. The number of rotatable bonds is 3. The minimum Gasteiger partial charge on any atom is -0.473 e. The summed E-state index contributed by atoms with van der Waals surface area (Å²) in [7, 11) is -3.15. The van der Waals surface area contributed by atoms with Gasteiger partial charge in [0.05, 0.1) is 4.90 Å². The lowest BCUT2D eigenvalue weighted by Gasteiger charge is -2.10. The smallest absolute Gasteiger partial charge is 0.220 e. The molecule has 3 rings (SSSR count). The molecular weight excluding hydrogens is 300 g/mol. The zero-order chi connectivity index (χ0) is 15.9. The molecule has 22 heavy (non-hydrogen) atoms. The molecule has 0 bridgehead atoms. The van der Waals surface area contributed by atoms with Crippen LogP contribution in [0.2, 0.25) is 0 Å². The third-order valence-corrected chi connectivity index (χ3v) is 4.94. The van der Waals surface area contributed by atoms with Crippen molar-refractivity contribution in [3.8, 4) is 5.88 Å². The molecule has 1 aliphatic rings. The van der Waals surface area contributed by atoms with E-state index in [9.17, 15) is 8.42 Å². The summed E-state index contributed by atoms with van der Waals surface area (Å²) in [5, 5.41) is 0. The fraction of sp³-hybridized carbons (Fsp3) is 0.375. The minimum absolute atomic E-state index is 0.0221. The van der Waals surface area contributed by atoms with Crippen molar-refractivity contribution < 1.29 is 13.2 Å². The van der Waals surface area contributed by atoms with Gasteiger partial charge in [-0.25, -0.2) is 13.4 Å². The fourth-order valence-electron chi connectivity index (χ4n) is 2.71. The Kier molecular flexibility index (Phi) is 3.64. The van der Waals surface area contributed by atoms with Crippen LogP contribution < -0.4 is 4.74 Å². The Hall–Kier alpha value is -1.95. The van der Waals surface area contributed by atoms with E-state index in [0.29, 0.717) is 10.8 Å². The molecule has 0 N–H and O–H groups in total. The zero-order valence-electron chi connectivity index (χ0n) is 12.8. The summed E-state index contributed by atoms with van der Waals surface area (Å²) in [5.41, 5.74) is 3.09. The molecule has 1 atom stereocenters. The zero-order valence-corrected chi connectivity index (χ0v) is 13.6. The summed E-state index contributed by atoms with van der Waals surface area (Å²) >= 11 is 0. The highest BCUT2D eigenvalue weighted by atomic mass is 32.2. The van der Waals surface area contributed by atoms with Crippen LogP contribution >= 0.6 is 0 Å². The van der Waals surface area contributed by atoms with E-state index in [1.807, 2.05) is 26.0 Å². The van der Waals surface area contributed by atoms with Gasteiger partial charge in [0.1, 0.15) is 11.9 Å². The van der Waals surface area contributed by atoms with E-state index < -0.39 is 9.84 Å². The molecule has 0 radical (unpaired) electrons. The molecule has 1 aliphatic heterocycles. The topological polar surface area (TPSA) is 69.2 Å². The van der Waals surface area contributed by atoms with Crippen LogP contribution in [0.25, 0.3) is 0 Å². The van der Waals surface area contributed by atoms with Crippen molar-refractivity contribution in [2.24, 2.45) is 0 Å². The van der Waals surface area contributed by atoms with Gasteiger partial charge in [0.25, 0.3) is 0 Å². The van der Waals surface area contributed by atoms with Crippen LogP contribution in [0.15, 0.2) is 29.2 Å². The number of hydrogen-bond donors (Lipinski definition) is 0. The van der Waals surface area contributed by atoms with Crippen molar-refractivity contribution >= 4 is 9.84 Å². The second-order valence-electron chi connectivity index (χ2n) is 5.70. The van der Waals surface area contributed by atoms with E-state index in [0.717, 1.165) is 35.5 Å². The number of aromatic nitrogens is 2. The third kappa shape index (κ3) is 2.97. The van der Waals surface area contributed by atoms with Gasteiger partial charge in [-0.1, -0.05) is 12.1 Å². The van der Waals surface area contributed by atoms with E-state index in [2.05, 4.69) is 9.97 Å². The van der Waals surface area contributed by atoms with Crippen LogP contribution in [0.4, 0.5) is 0 Å². The molecule has 5 nitrogen and oxygen atoms in total. The van der Waals surface area contributed by atoms with Crippen molar-refractivity contribution in [2.45, 2.75) is 37.7 Å². The van der Waals surface area contributed by atoms with Gasteiger partial charge in [-0.05, 0) is 31.5 Å². The van der Waals surface area contributed by atoms with Crippen LogP contribution in [0, 0.1) is 13.8 Å². The first-order valence-electron chi connectivity index (χ1n) is 7.12. The second kappa shape index (κ2) is 5.35. The minimum atomic E-state index is -3.15. The predicted molar refractivity (Wildman–Crippen MR) is 82.9 cm³/mol. The number of aryl methyl sites for hydroxylation is 2. The molecule has 1 aromatic heterocycles. The van der Waals surface area contributed by atoms with Crippen LogP contribution in [0.5, 0.6) is 5.88 Å². The molecular formula is C16H18N2O3S. The average Bonchev–Trinajstić information content (AvgIpc) is 2.81. The number of benzene rings is 1. The fourth-order valence-corrected chi connectivity index (χ4v) is 3.34. The highest BCUT2D eigenvalue weighted by molar-refractivity contribution is 7.90. The first kappa shape index (κ1) is 15.0. The maximum Gasteiger partial charge on any atom is 0.220 e. The summed E-state index contributed by atoms with van der Waals surface area (Å²) in [6.45, 7) is 3.83. The molecule has 1 aromatic carbocycles. The van der Waals surface area contributed by atoms with E-state index in [-0.39, 0.29) is 6.10 Å². The Balaban J connectivity index is 1.75. The van der Waals surface area contributed by atoms with E-state index in [4.69, 9.17) is 4.74 Å². The average molecular weight is 318 g/mol. The molecule has 6 heteroatoms. The summed E-state index contributed by atoms with van der Waals surface area (Å²) < 4.78 is 28.8. The predicted octanol–water partition coefficient (Wildman–Crippen LogP) is 2.04. The maximum absolute atomic E-state index is 11.5. The van der Waals surface area contributed by atoms with Gasteiger partial charge in [-0.3, -0.25) is 0 Å². The van der Waals surface area contributed by atoms with Gasteiger partial charge in [0.2, 0.25) is 5.88 Å². The highest BCUT2D eigenvalue weighted by Gasteiger charge is 2.27. The molecule has 0 aliphatic carbocycles. The summed E-state index contributed by atoms with van der Waals surface area (Å²) in [4.78, 5) is 9.04. The lowest BCUT2D eigenvalue weighted by atomic mass is 10.0. The van der Waals surface area contributed by atoms with Crippen molar-refractivity contribution in [2.75, 3.05) is 6.26 Å². The van der Waals surface area contributed by atoms with Crippen molar-refractivity contribution in [3.63, 3.8) is 0 Å². The summed E-state index contributed by atoms with van der Waals surface area (Å²) in [6.07, 6.45) is 2.74. The quantitative estimate of drug-likeness (QED) is 0.866. The molecule has 0 saturated carbocycles. The first-order chi connectivity index (χ1) is 10.3. The molecule has 0 fully saturated rings. The Bertz CT molecular complexity index is 814. The first-order valence-corrected chi connectivity index (χ1v) is 9.02. The Morgan fingerprint density at radius 2 is 1.86 bits per heavy atom. The molecule has 1 unspecified atom stereocenters. The number of ether oxygens (including phenoxy) is 1. The van der Waals surface area contributed by atoms with Gasteiger partial charge in [-0.15, -0.1) is 0 Å². The van der Waals surface area contributed by atoms with Crippen molar-refractivity contribution in [1.29, 1.82) is 0 Å². The van der Waals surface area contributed by atoms with E-state index in [1.165, 1.54) is 6.26 Å². The second-order valence-corrected chi connectivity index (χ2v) is 7.72. The molecule has 0 spiro atoms. The lowest BCUT2D eigenvalue weighted by Crippen LogP contribution is -2.16. The molecule has 116 valence electrons. The largest absolute Gasteiger partial charge is 0.473 e. The SMILES string of the molecule is Cc1nc(C)c2c(n1)OC(Cc1ccc(S(C)(=O)=O)cc1)C2. The third-order valence-electron chi connectivity index (χ3n) is 3.81. The van der Waals surface area contributed by atoms with Crippen LogP contribution in [0.1, 0.15) is 22.6 Å². The van der Waals surface area contributed by atoms with Crippen molar-refractivity contribution in [3.05, 3.63) is 46.9 Å². The monoisotopic (exact) mass is 318 g/mol. The highest BCUT2D eigenvalue weighted by Crippen LogP contribution is 2.30. The molecule has 0 amide bonds. The Labute approximate surface area is 130 Å². The van der Waals surface area contributed by atoms with E-state index in [1.54, 1.807) is 12.1 Å². The van der Waals surface area contributed by atoms with Crippen LogP contribution in [0.3, 0.4) is 0 Å². The van der Waals surface area contributed by atoms with Crippen LogP contribution in [-0.2, 0) is 22.7 Å². The normalized spacial score (nSPS) is 17.1. The summed E-state index contributed by atoms with van der Waals surface area (Å²) in [6, 6.07) is 6.96.